The van der Waals surface area contributed by atoms with Crippen LogP contribution in [-0.4, -0.2) is 0 Å². The van der Waals surface area contributed by atoms with E-state index in [1.807, 2.05) is 0 Å². The Morgan fingerprint density at radius 3 is 1.61 bits per heavy atom. The average molecular weight is 512 g/mol. The predicted octanol–water partition coefficient (Wildman–Crippen LogP) is 10.1. The van der Waals surface area contributed by atoms with E-state index in [-0.39, 0.29) is 6.04 Å². The van der Waals surface area contributed by atoms with E-state index >= 15 is 0 Å². The molecule has 0 aliphatic carbocycles. The summed E-state index contributed by atoms with van der Waals surface area (Å²) in [4.78, 5) is 0. The van der Waals surface area contributed by atoms with Crippen LogP contribution in [0, 0.1) is 0 Å². The van der Waals surface area contributed by atoms with Crippen LogP contribution in [0.3, 0.4) is 0 Å². The van der Waals surface area contributed by atoms with Gasteiger partial charge in [0.2, 0.25) is 0 Å². The minimum atomic E-state index is -1.49. The molecule has 6 aromatic carbocycles. The molecule has 38 heavy (non-hydrogen) atoms. The molecule has 0 amide bonds. The molecule has 0 bridgehead atoms. The Kier molecular flexibility index (Phi) is 5.94. The lowest BCUT2D eigenvalue weighted by Gasteiger charge is -2.17. The summed E-state index contributed by atoms with van der Waals surface area (Å²) < 4.78 is 13.4. The maximum atomic E-state index is 6.72. The van der Waals surface area contributed by atoms with Gasteiger partial charge in [0.1, 0.15) is 11.2 Å². The molecule has 0 radical (unpaired) electrons. The molecule has 3 nitrogen and oxygen atoms in total. The minimum Gasteiger partial charge on any atom is -0.408 e. The van der Waals surface area contributed by atoms with Gasteiger partial charge in [0, 0.05) is 16.8 Å². The van der Waals surface area contributed by atoms with Crippen LogP contribution in [0.4, 0.5) is 0 Å². The van der Waals surface area contributed by atoms with Crippen LogP contribution in [0.1, 0.15) is 17.2 Å². The summed E-state index contributed by atoms with van der Waals surface area (Å²) in [5.41, 5.74) is 4.14. The highest BCUT2D eigenvalue weighted by molar-refractivity contribution is 7.38. The van der Waals surface area contributed by atoms with Crippen molar-refractivity contribution in [2.24, 2.45) is 0 Å². The van der Waals surface area contributed by atoms with Crippen LogP contribution in [0.25, 0.3) is 43.5 Å². The molecule has 1 unspecified atom stereocenters. The van der Waals surface area contributed by atoms with Crippen molar-refractivity contribution in [2.75, 3.05) is 5.09 Å². The van der Waals surface area contributed by atoms with Gasteiger partial charge in [-0.25, -0.2) is 5.09 Å². The van der Waals surface area contributed by atoms with E-state index in [0.29, 0.717) is 0 Å². The third-order valence-electron chi connectivity index (χ3n) is 7.14. The van der Waals surface area contributed by atoms with Crippen molar-refractivity contribution in [3.8, 4) is 0 Å². The lowest BCUT2D eigenvalue weighted by Crippen LogP contribution is -2.11. The van der Waals surface area contributed by atoms with Crippen molar-refractivity contribution in [3.63, 3.8) is 0 Å². The summed E-state index contributed by atoms with van der Waals surface area (Å²) in [7, 11) is -1.49. The zero-order chi connectivity index (χ0) is 25.3. The van der Waals surface area contributed by atoms with Crippen LogP contribution >= 0.6 is 8.16 Å². The zero-order valence-corrected chi connectivity index (χ0v) is 21.6. The molecule has 1 aromatic heterocycles. The van der Waals surface area contributed by atoms with Crippen molar-refractivity contribution in [1.29, 1.82) is 0 Å². The summed E-state index contributed by atoms with van der Waals surface area (Å²) >= 11 is 0. The minimum absolute atomic E-state index is 0.0237. The number of benzene rings is 6. The number of fused-ring (bicyclic) bond motifs is 7. The molecule has 4 heteroatoms. The van der Waals surface area contributed by atoms with Gasteiger partial charge in [-0.05, 0) is 51.2 Å². The van der Waals surface area contributed by atoms with Crippen molar-refractivity contribution >= 4 is 51.6 Å². The third kappa shape index (κ3) is 4.26. The summed E-state index contributed by atoms with van der Waals surface area (Å²) in [5.74, 6) is 0. The quantitative estimate of drug-likeness (QED) is 0.250. The van der Waals surface area contributed by atoms with E-state index < -0.39 is 8.16 Å². The van der Waals surface area contributed by atoms with Gasteiger partial charge in [0.25, 0.3) is 0 Å². The van der Waals surface area contributed by atoms with E-state index in [0.717, 1.165) is 39.1 Å². The molecule has 1 N–H and O–H groups in total. The maximum Gasteiger partial charge on any atom is 0.307 e. The van der Waals surface area contributed by atoms with Gasteiger partial charge in [-0.2, -0.15) is 0 Å². The Labute approximate surface area is 221 Å². The standard InChI is InChI=1S/C34H26NO2P/c1-3-11-24(12-4-1)23-30(27-15-5-2-6-16-27)35-38-36-31-21-19-25-13-7-9-17-28(25)33(31)34-29-18-10-8-14-26(29)20-22-32(34)37-38/h1-22,30,35H,23H2. The highest BCUT2D eigenvalue weighted by Gasteiger charge is 2.17. The van der Waals surface area contributed by atoms with Crippen LogP contribution in [0.5, 0.6) is 0 Å². The number of hydrogen-bond acceptors (Lipinski definition) is 3. The Hall–Kier alpha value is -4.30. The van der Waals surface area contributed by atoms with Crippen molar-refractivity contribution in [2.45, 2.75) is 12.5 Å². The van der Waals surface area contributed by atoms with Gasteiger partial charge >= 0.3 is 8.16 Å². The molecule has 184 valence electrons. The largest absolute Gasteiger partial charge is 0.408 e. The fourth-order valence-corrected chi connectivity index (χ4v) is 6.62. The Bertz CT molecular complexity index is 1830. The van der Waals surface area contributed by atoms with E-state index in [9.17, 15) is 0 Å². The van der Waals surface area contributed by atoms with Gasteiger partial charge in [-0.15, -0.1) is 0 Å². The predicted molar refractivity (Wildman–Crippen MR) is 160 cm³/mol. The van der Waals surface area contributed by atoms with Crippen molar-refractivity contribution in [1.82, 2.24) is 0 Å². The molecule has 7 aromatic rings. The number of hydrogen-bond donors (Lipinski definition) is 1. The lowest BCUT2D eigenvalue weighted by molar-refractivity contribution is 0.632. The smallest absolute Gasteiger partial charge is 0.307 e. The highest BCUT2D eigenvalue weighted by atomic mass is 31.1. The second-order valence-electron chi connectivity index (χ2n) is 9.54. The highest BCUT2D eigenvalue weighted by Crippen LogP contribution is 2.41. The van der Waals surface area contributed by atoms with Crippen LogP contribution in [0.2, 0.25) is 0 Å². The fraction of sp³-hybridized carbons (Fsp3) is 0.0588. The Morgan fingerprint density at radius 1 is 0.526 bits per heavy atom. The molecule has 0 spiro atoms. The lowest BCUT2D eigenvalue weighted by atomic mass is 9.99. The first-order valence-corrected chi connectivity index (χ1v) is 14.1. The van der Waals surface area contributed by atoms with Gasteiger partial charge in [0.15, 0.2) is 0 Å². The summed E-state index contributed by atoms with van der Waals surface area (Å²) in [6, 6.07) is 46.6. The first-order valence-electron chi connectivity index (χ1n) is 12.9. The third-order valence-corrected chi connectivity index (χ3v) is 8.39. The number of nitrogens with one attached hydrogen (secondary N) is 1. The van der Waals surface area contributed by atoms with Crippen molar-refractivity contribution in [3.05, 3.63) is 145 Å². The van der Waals surface area contributed by atoms with Crippen LogP contribution in [-0.2, 0) is 6.42 Å². The van der Waals surface area contributed by atoms with Crippen LogP contribution in [0.15, 0.2) is 142 Å². The molecular formula is C34H26NO2P. The molecule has 0 saturated heterocycles. The van der Waals surface area contributed by atoms with Crippen LogP contribution < -0.4 is 5.09 Å². The summed E-state index contributed by atoms with van der Waals surface area (Å²) in [5, 5.41) is 10.6. The monoisotopic (exact) mass is 511 g/mol. The molecular weight excluding hydrogens is 485 g/mol. The van der Waals surface area contributed by atoms with Gasteiger partial charge in [-0.1, -0.05) is 121 Å². The maximum absolute atomic E-state index is 6.72. The molecule has 1 atom stereocenters. The molecule has 1 heterocycles. The normalized spacial score (nSPS) is 12.3. The number of rotatable bonds is 5. The van der Waals surface area contributed by atoms with Crippen molar-refractivity contribution < 1.29 is 8.39 Å². The summed E-state index contributed by atoms with van der Waals surface area (Å²) in [6.45, 7) is 0. The second kappa shape index (κ2) is 9.87. The van der Waals surface area contributed by atoms with E-state index in [1.165, 1.54) is 21.9 Å². The second-order valence-corrected chi connectivity index (χ2v) is 10.7. The van der Waals surface area contributed by atoms with E-state index in [1.54, 1.807) is 0 Å². The van der Waals surface area contributed by atoms with E-state index in [4.69, 9.17) is 8.39 Å². The van der Waals surface area contributed by atoms with Gasteiger partial charge in [0.05, 0.1) is 0 Å². The Balaban J connectivity index is 1.49. The topological polar surface area (TPSA) is 38.3 Å². The zero-order valence-electron chi connectivity index (χ0n) is 20.7. The molecule has 7 rings (SSSR count). The van der Waals surface area contributed by atoms with E-state index in [2.05, 4.69) is 139 Å². The molecule has 0 aliphatic rings. The molecule has 0 saturated carbocycles. The SMILES string of the molecule is c1ccc(CC(Np2oc3ccc4ccccc4c3c3c(ccc4ccccc43)o2)c2ccccc2)cc1. The van der Waals surface area contributed by atoms with Gasteiger partial charge < -0.3 is 8.39 Å². The van der Waals surface area contributed by atoms with Gasteiger partial charge in [-0.3, -0.25) is 0 Å². The fourth-order valence-electron chi connectivity index (χ4n) is 5.32. The first-order chi connectivity index (χ1) is 18.8. The Morgan fingerprint density at radius 2 is 1.03 bits per heavy atom. The molecule has 0 fully saturated rings. The molecule has 0 aliphatic heterocycles. The first kappa shape index (κ1) is 22.9. The average Bonchev–Trinajstić information content (AvgIpc) is 3.14. The summed E-state index contributed by atoms with van der Waals surface area (Å²) in [6.07, 6.45) is 0.825.